The summed E-state index contributed by atoms with van der Waals surface area (Å²) in [5, 5.41) is 11.4. The molecule has 0 aliphatic carbocycles. The standard InChI is InChI=1S/C13H12N2OS/c1-15(8-4-7-14)13(16)11-9-17-12-6-3-2-5-10(11)12/h2-3,5-6,9H,4,8H2,1H3. The lowest BCUT2D eigenvalue weighted by atomic mass is 10.1. The topological polar surface area (TPSA) is 44.1 Å². The molecule has 2 rings (SSSR count). The number of nitriles is 1. The summed E-state index contributed by atoms with van der Waals surface area (Å²) in [6.45, 7) is 0.472. The van der Waals surface area contributed by atoms with E-state index in [4.69, 9.17) is 5.26 Å². The number of nitrogens with zero attached hydrogens (tertiary/aromatic N) is 2. The van der Waals surface area contributed by atoms with Crippen molar-refractivity contribution >= 4 is 27.3 Å². The van der Waals surface area contributed by atoms with Crippen molar-refractivity contribution in [3.8, 4) is 6.07 Å². The predicted molar refractivity (Wildman–Crippen MR) is 69.0 cm³/mol. The van der Waals surface area contributed by atoms with Crippen molar-refractivity contribution in [2.75, 3.05) is 13.6 Å². The molecular weight excluding hydrogens is 232 g/mol. The highest BCUT2D eigenvalue weighted by molar-refractivity contribution is 7.17. The van der Waals surface area contributed by atoms with E-state index in [1.807, 2.05) is 35.7 Å². The van der Waals surface area contributed by atoms with Crippen LogP contribution < -0.4 is 0 Å². The molecule has 17 heavy (non-hydrogen) atoms. The summed E-state index contributed by atoms with van der Waals surface area (Å²) < 4.78 is 1.12. The number of benzene rings is 1. The Labute approximate surface area is 104 Å². The number of thiophene rings is 1. The highest BCUT2D eigenvalue weighted by atomic mass is 32.1. The zero-order valence-corrected chi connectivity index (χ0v) is 10.3. The normalized spacial score (nSPS) is 10.1. The quantitative estimate of drug-likeness (QED) is 0.833. The highest BCUT2D eigenvalue weighted by Crippen LogP contribution is 2.26. The van der Waals surface area contributed by atoms with E-state index >= 15 is 0 Å². The monoisotopic (exact) mass is 244 g/mol. The van der Waals surface area contributed by atoms with Crippen molar-refractivity contribution in [1.29, 1.82) is 5.26 Å². The fourth-order valence-corrected chi connectivity index (χ4v) is 2.60. The van der Waals surface area contributed by atoms with Gasteiger partial charge in [0, 0.05) is 29.1 Å². The maximum atomic E-state index is 12.1. The van der Waals surface area contributed by atoms with Gasteiger partial charge in [0.1, 0.15) is 0 Å². The molecule has 0 saturated carbocycles. The first-order valence-electron chi connectivity index (χ1n) is 5.32. The van der Waals surface area contributed by atoms with Crippen molar-refractivity contribution in [3.05, 3.63) is 35.2 Å². The fraction of sp³-hybridized carbons (Fsp3) is 0.231. The van der Waals surface area contributed by atoms with E-state index in [0.29, 0.717) is 13.0 Å². The molecule has 0 fully saturated rings. The number of amides is 1. The first kappa shape index (κ1) is 11.6. The Hall–Kier alpha value is -1.86. The van der Waals surface area contributed by atoms with E-state index in [1.165, 1.54) is 0 Å². The van der Waals surface area contributed by atoms with E-state index in [2.05, 4.69) is 0 Å². The smallest absolute Gasteiger partial charge is 0.255 e. The van der Waals surface area contributed by atoms with Crippen LogP contribution >= 0.6 is 11.3 Å². The minimum Gasteiger partial charge on any atom is -0.341 e. The van der Waals surface area contributed by atoms with Crippen LogP contribution in [0.1, 0.15) is 16.8 Å². The maximum Gasteiger partial charge on any atom is 0.255 e. The van der Waals surface area contributed by atoms with Crippen LogP contribution in [0.25, 0.3) is 10.1 Å². The van der Waals surface area contributed by atoms with Gasteiger partial charge in [0.25, 0.3) is 5.91 Å². The zero-order valence-electron chi connectivity index (χ0n) is 9.51. The highest BCUT2D eigenvalue weighted by Gasteiger charge is 2.15. The average molecular weight is 244 g/mol. The second kappa shape index (κ2) is 4.98. The molecule has 0 aliphatic heterocycles. The van der Waals surface area contributed by atoms with E-state index in [0.717, 1.165) is 15.6 Å². The molecule has 0 aliphatic rings. The summed E-state index contributed by atoms with van der Waals surface area (Å²) in [6, 6.07) is 9.90. The minimum atomic E-state index is -0.0160. The van der Waals surface area contributed by atoms with E-state index < -0.39 is 0 Å². The van der Waals surface area contributed by atoms with Crippen molar-refractivity contribution < 1.29 is 4.79 Å². The van der Waals surface area contributed by atoms with Gasteiger partial charge in [-0.25, -0.2) is 0 Å². The van der Waals surface area contributed by atoms with Crippen molar-refractivity contribution in [2.45, 2.75) is 6.42 Å². The Morgan fingerprint density at radius 3 is 3.00 bits per heavy atom. The van der Waals surface area contributed by atoms with Crippen LogP contribution in [0.2, 0.25) is 0 Å². The molecule has 1 amide bonds. The number of carbonyl (C=O) groups excluding carboxylic acids is 1. The molecule has 3 nitrogen and oxygen atoms in total. The first-order chi connectivity index (χ1) is 8.24. The zero-order chi connectivity index (χ0) is 12.3. The molecule has 0 saturated heterocycles. The summed E-state index contributed by atoms with van der Waals surface area (Å²) in [7, 11) is 1.73. The van der Waals surface area contributed by atoms with Gasteiger partial charge in [-0.05, 0) is 6.07 Å². The molecule has 1 aromatic carbocycles. The number of rotatable bonds is 3. The average Bonchev–Trinajstić information content (AvgIpc) is 2.78. The van der Waals surface area contributed by atoms with Gasteiger partial charge in [-0.1, -0.05) is 18.2 Å². The van der Waals surface area contributed by atoms with Crippen LogP contribution in [0.4, 0.5) is 0 Å². The summed E-state index contributed by atoms with van der Waals surface area (Å²) in [5.74, 6) is -0.0160. The predicted octanol–water partition coefficient (Wildman–Crippen LogP) is 2.89. The lowest BCUT2D eigenvalue weighted by molar-refractivity contribution is 0.0800. The van der Waals surface area contributed by atoms with Crippen LogP contribution in [0.5, 0.6) is 0 Å². The molecule has 4 heteroatoms. The third kappa shape index (κ3) is 2.29. The largest absolute Gasteiger partial charge is 0.341 e. The lowest BCUT2D eigenvalue weighted by Crippen LogP contribution is -2.27. The summed E-state index contributed by atoms with van der Waals surface area (Å²) in [6.07, 6.45) is 0.365. The number of carbonyl (C=O) groups is 1. The Balaban J connectivity index is 2.28. The van der Waals surface area contributed by atoms with Crippen molar-refractivity contribution in [1.82, 2.24) is 4.90 Å². The number of hydrogen-bond donors (Lipinski definition) is 0. The van der Waals surface area contributed by atoms with Crippen LogP contribution in [-0.4, -0.2) is 24.4 Å². The van der Waals surface area contributed by atoms with Crippen LogP contribution in [0.3, 0.4) is 0 Å². The molecule has 0 N–H and O–H groups in total. The number of hydrogen-bond acceptors (Lipinski definition) is 3. The van der Waals surface area contributed by atoms with E-state index in [-0.39, 0.29) is 5.91 Å². The third-order valence-corrected chi connectivity index (χ3v) is 3.58. The van der Waals surface area contributed by atoms with Crippen LogP contribution in [0.15, 0.2) is 29.6 Å². The maximum absolute atomic E-state index is 12.1. The first-order valence-corrected chi connectivity index (χ1v) is 6.20. The molecule has 0 spiro atoms. The van der Waals surface area contributed by atoms with Crippen molar-refractivity contribution in [2.24, 2.45) is 0 Å². The van der Waals surface area contributed by atoms with Gasteiger partial charge in [0.05, 0.1) is 18.1 Å². The third-order valence-electron chi connectivity index (χ3n) is 2.62. The van der Waals surface area contributed by atoms with Gasteiger partial charge in [-0.3, -0.25) is 4.79 Å². The number of fused-ring (bicyclic) bond motifs is 1. The molecule has 86 valence electrons. The SMILES string of the molecule is CN(CCC#N)C(=O)c1csc2ccccc12. The lowest BCUT2D eigenvalue weighted by Gasteiger charge is -2.14. The minimum absolute atomic E-state index is 0.0160. The van der Waals surface area contributed by atoms with Crippen LogP contribution in [0, 0.1) is 11.3 Å². The summed E-state index contributed by atoms with van der Waals surface area (Å²) in [5.41, 5.74) is 0.728. The molecular formula is C13H12N2OS. The molecule has 0 unspecified atom stereocenters. The van der Waals surface area contributed by atoms with Gasteiger partial charge >= 0.3 is 0 Å². The molecule has 0 atom stereocenters. The van der Waals surface area contributed by atoms with E-state index in [9.17, 15) is 4.79 Å². The molecule has 2 aromatic rings. The summed E-state index contributed by atoms with van der Waals surface area (Å²) in [4.78, 5) is 13.7. The van der Waals surface area contributed by atoms with Crippen molar-refractivity contribution in [3.63, 3.8) is 0 Å². The molecule has 1 aromatic heterocycles. The second-order valence-electron chi connectivity index (χ2n) is 3.78. The van der Waals surface area contributed by atoms with Gasteiger partial charge in [0.15, 0.2) is 0 Å². The fourth-order valence-electron chi connectivity index (χ4n) is 1.67. The summed E-state index contributed by atoms with van der Waals surface area (Å²) >= 11 is 1.57. The Morgan fingerprint density at radius 2 is 2.24 bits per heavy atom. The van der Waals surface area contributed by atoms with Crippen LogP contribution in [-0.2, 0) is 0 Å². The second-order valence-corrected chi connectivity index (χ2v) is 4.69. The van der Waals surface area contributed by atoms with Gasteiger partial charge in [-0.15, -0.1) is 11.3 Å². The van der Waals surface area contributed by atoms with E-state index in [1.54, 1.807) is 23.3 Å². The Morgan fingerprint density at radius 1 is 1.47 bits per heavy atom. The Kier molecular flexibility index (Phi) is 3.40. The van der Waals surface area contributed by atoms with Gasteiger partial charge < -0.3 is 4.90 Å². The Bertz CT molecular complexity index is 582. The molecule has 0 bridgehead atoms. The molecule has 0 radical (unpaired) electrons. The molecule has 1 heterocycles. The van der Waals surface area contributed by atoms with Gasteiger partial charge in [-0.2, -0.15) is 5.26 Å². The van der Waals surface area contributed by atoms with Gasteiger partial charge in [0.2, 0.25) is 0 Å².